The highest BCUT2D eigenvalue weighted by Gasteiger charge is 2.17. The maximum absolute atomic E-state index is 12.5. The average molecular weight is 270 g/mol. The first-order valence-corrected chi connectivity index (χ1v) is 6.73. The molecule has 0 spiro atoms. The molecule has 0 bridgehead atoms. The summed E-state index contributed by atoms with van der Waals surface area (Å²) >= 11 is 0. The smallest absolute Gasteiger partial charge is 0.260 e. The molecule has 0 fully saturated rings. The highest BCUT2D eigenvalue weighted by Crippen LogP contribution is 2.08. The first kappa shape index (κ1) is 14.1. The van der Waals surface area contributed by atoms with Crippen molar-refractivity contribution in [2.75, 3.05) is 6.54 Å². The van der Waals surface area contributed by atoms with Crippen LogP contribution in [0, 0.1) is 0 Å². The summed E-state index contributed by atoms with van der Waals surface area (Å²) in [5.74, 6) is -0.224. The molecular weight excluding hydrogens is 252 g/mol. The number of aromatic nitrogens is 1. The molecule has 2 aromatic rings. The van der Waals surface area contributed by atoms with Gasteiger partial charge in [0, 0.05) is 19.3 Å². The molecule has 2 rings (SSSR count). The van der Waals surface area contributed by atoms with Crippen molar-refractivity contribution in [2.45, 2.75) is 19.9 Å². The van der Waals surface area contributed by atoms with E-state index in [1.807, 2.05) is 37.3 Å². The molecule has 1 N–H and O–H groups in total. The SMILES string of the molecule is CCCN(Cc1ccccc1)C(=O)c1ccc[nH]c1=O. The lowest BCUT2D eigenvalue weighted by atomic mass is 10.1. The number of carbonyl (C=O) groups excluding carboxylic acids is 1. The molecule has 0 saturated carbocycles. The molecule has 1 heterocycles. The number of aromatic amines is 1. The summed E-state index contributed by atoms with van der Waals surface area (Å²) in [5.41, 5.74) is 0.908. The van der Waals surface area contributed by atoms with Crippen LogP contribution in [0.2, 0.25) is 0 Å². The third kappa shape index (κ3) is 3.35. The fraction of sp³-hybridized carbons (Fsp3) is 0.250. The van der Waals surface area contributed by atoms with Crippen LogP contribution in [0.5, 0.6) is 0 Å². The number of pyridine rings is 1. The number of rotatable bonds is 5. The summed E-state index contributed by atoms with van der Waals surface area (Å²) in [7, 11) is 0. The summed E-state index contributed by atoms with van der Waals surface area (Å²) in [5, 5.41) is 0. The van der Waals surface area contributed by atoms with Gasteiger partial charge in [-0.2, -0.15) is 0 Å². The topological polar surface area (TPSA) is 53.2 Å². The van der Waals surface area contributed by atoms with E-state index < -0.39 is 0 Å². The zero-order valence-corrected chi connectivity index (χ0v) is 11.5. The van der Waals surface area contributed by atoms with E-state index in [4.69, 9.17) is 0 Å². The number of benzene rings is 1. The highest BCUT2D eigenvalue weighted by molar-refractivity contribution is 5.93. The number of hydrogen-bond acceptors (Lipinski definition) is 2. The van der Waals surface area contributed by atoms with Crippen molar-refractivity contribution in [3.8, 4) is 0 Å². The number of H-pyrrole nitrogens is 1. The van der Waals surface area contributed by atoms with E-state index in [2.05, 4.69) is 4.98 Å². The van der Waals surface area contributed by atoms with Crippen LogP contribution in [0.15, 0.2) is 53.5 Å². The van der Waals surface area contributed by atoms with Crippen molar-refractivity contribution in [3.63, 3.8) is 0 Å². The second-order valence-electron chi connectivity index (χ2n) is 4.63. The molecule has 1 amide bonds. The van der Waals surface area contributed by atoms with E-state index >= 15 is 0 Å². The Morgan fingerprint density at radius 2 is 1.90 bits per heavy atom. The maximum atomic E-state index is 12.5. The molecule has 1 aromatic heterocycles. The van der Waals surface area contributed by atoms with Gasteiger partial charge in [0.15, 0.2) is 0 Å². The number of nitrogens with one attached hydrogen (secondary N) is 1. The van der Waals surface area contributed by atoms with E-state index in [0.717, 1.165) is 12.0 Å². The highest BCUT2D eigenvalue weighted by atomic mass is 16.2. The van der Waals surface area contributed by atoms with Gasteiger partial charge >= 0.3 is 0 Å². The molecular formula is C16H18N2O2. The minimum Gasteiger partial charge on any atom is -0.334 e. The van der Waals surface area contributed by atoms with Gasteiger partial charge in [-0.25, -0.2) is 0 Å². The molecule has 0 unspecified atom stereocenters. The number of hydrogen-bond donors (Lipinski definition) is 1. The summed E-state index contributed by atoms with van der Waals surface area (Å²) in [6, 6.07) is 13.0. The number of nitrogens with zero attached hydrogens (tertiary/aromatic N) is 1. The fourth-order valence-electron chi connectivity index (χ4n) is 2.09. The van der Waals surface area contributed by atoms with Crippen molar-refractivity contribution in [3.05, 3.63) is 70.1 Å². The van der Waals surface area contributed by atoms with Gasteiger partial charge in [0.1, 0.15) is 5.56 Å². The first-order valence-electron chi connectivity index (χ1n) is 6.73. The lowest BCUT2D eigenvalue weighted by Gasteiger charge is -2.22. The van der Waals surface area contributed by atoms with Gasteiger partial charge in [-0.1, -0.05) is 37.3 Å². The van der Waals surface area contributed by atoms with Crippen LogP contribution in [0.3, 0.4) is 0 Å². The lowest BCUT2D eigenvalue weighted by Crippen LogP contribution is -2.34. The van der Waals surface area contributed by atoms with Crippen LogP contribution in [-0.2, 0) is 6.54 Å². The van der Waals surface area contributed by atoms with Crippen LogP contribution in [-0.4, -0.2) is 22.3 Å². The molecule has 0 radical (unpaired) electrons. The van der Waals surface area contributed by atoms with E-state index in [-0.39, 0.29) is 17.0 Å². The van der Waals surface area contributed by atoms with Crippen molar-refractivity contribution in [1.29, 1.82) is 0 Å². The number of amides is 1. The van der Waals surface area contributed by atoms with Crippen LogP contribution in [0.1, 0.15) is 29.3 Å². The summed E-state index contributed by atoms with van der Waals surface area (Å²) in [4.78, 5) is 28.4. The zero-order valence-electron chi connectivity index (χ0n) is 11.5. The van der Waals surface area contributed by atoms with Crippen LogP contribution in [0.4, 0.5) is 0 Å². The Kier molecular flexibility index (Phi) is 4.71. The Labute approximate surface area is 118 Å². The van der Waals surface area contributed by atoms with Gasteiger partial charge in [-0.3, -0.25) is 9.59 Å². The Balaban J connectivity index is 2.22. The van der Waals surface area contributed by atoms with Gasteiger partial charge in [-0.15, -0.1) is 0 Å². The predicted molar refractivity (Wildman–Crippen MR) is 78.5 cm³/mol. The molecule has 104 valence electrons. The van der Waals surface area contributed by atoms with Crippen LogP contribution < -0.4 is 5.56 Å². The Morgan fingerprint density at radius 1 is 1.15 bits per heavy atom. The van der Waals surface area contributed by atoms with E-state index in [0.29, 0.717) is 13.1 Å². The van der Waals surface area contributed by atoms with Gasteiger partial charge < -0.3 is 9.88 Å². The summed E-state index contributed by atoms with van der Waals surface area (Å²) in [6.07, 6.45) is 2.38. The first-order chi connectivity index (χ1) is 9.72. The van der Waals surface area contributed by atoms with Gasteiger partial charge in [0.2, 0.25) is 0 Å². The van der Waals surface area contributed by atoms with E-state index in [9.17, 15) is 9.59 Å². The maximum Gasteiger partial charge on any atom is 0.260 e. The third-order valence-corrected chi connectivity index (χ3v) is 3.05. The van der Waals surface area contributed by atoms with Crippen LogP contribution >= 0.6 is 0 Å². The van der Waals surface area contributed by atoms with Gasteiger partial charge in [0.25, 0.3) is 11.5 Å². The van der Waals surface area contributed by atoms with E-state index in [1.54, 1.807) is 17.0 Å². The largest absolute Gasteiger partial charge is 0.334 e. The quantitative estimate of drug-likeness (QED) is 0.907. The monoisotopic (exact) mass is 270 g/mol. The fourth-order valence-corrected chi connectivity index (χ4v) is 2.09. The molecule has 0 aliphatic rings. The summed E-state index contributed by atoms with van der Waals surface area (Å²) < 4.78 is 0. The lowest BCUT2D eigenvalue weighted by molar-refractivity contribution is 0.0741. The molecule has 0 aliphatic heterocycles. The normalized spacial score (nSPS) is 10.2. The molecule has 0 aliphatic carbocycles. The number of carbonyl (C=O) groups is 1. The second-order valence-corrected chi connectivity index (χ2v) is 4.63. The molecule has 1 aromatic carbocycles. The summed E-state index contributed by atoms with van der Waals surface area (Å²) in [6.45, 7) is 3.16. The molecule has 0 atom stereocenters. The van der Waals surface area contributed by atoms with E-state index in [1.165, 1.54) is 6.20 Å². The molecule has 4 heteroatoms. The average Bonchev–Trinajstić information content (AvgIpc) is 2.48. The standard InChI is InChI=1S/C16H18N2O2/c1-2-11-18(12-13-7-4-3-5-8-13)16(20)14-9-6-10-17-15(14)19/h3-10H,2,11-12H2,1H3,(H,17,19). The predicted octanol–water partition coefficient (Wildman–Crippen LogP) is 2.43. The Morgan fingerprint density at radius 3 is 2.55 bits per heavy atom. The Hall–Kier alpha value is -2.36. The minimum atomic E-state index is -0.341. The second kappa shape index (κ2) is 6.70. The van der Waals surface area contributed by atoms with Crippen molar-refractivity contribution < 1.29 is 4.79 Å². The van der Waals surface area contributed by atoms with Crippen molar-refractivity contribution >= 4 is 5.91 Å². The third-order valence-electron chi connectivity index (χ3n) is 3.05. The molecule has 20 heavy (non-hydrogen) atoms. The molecule has 4 nitrogen and oxygen atoms in total. The van der Waals surface area contributed by atoms with Crippen molar-refractivity contribution in [2.24, 2.45) is 0 Å². The Bertz CT molecular complexity index is 620. The zero-order chi connectivity index (χ0) is 14.4. The van der Waals surface area contributed by atoms with Crippen LogP contribution in [0.25, 0.3) is 0 Å². The minimum absolute atomic E-state index is 0.192. The van der Waals surface area contributed by atoms with Crippen molar-refractivity contribution in [1.82, 2.24) is 9.88 Å². The van der Waals surface area contributed by atoms with Gasteiger partial charge in [-0.05, 0) is 24.1 Å². The van der Waals surface area contributed by atoms with Gasteiger partial charge in [0.05, 0.1) is 0 Å². The molecule has 0 saturated heterocycles.